The summed E-state index contributed by atoms with van der Waals surface area (Å²) in [5.74, 6) is -3.61. The standard InChI is InChI=1S/C13H8O6/c14-12(15)7-5-19-8-2-1-6-3-4-18-11(6)10(8)9(7)13(16)17/h1-5,9H,(H,14,15)(H,16,17). The van der Waals surface area contributed by atoms with E-state index in [0.717, 1.165) is 6.26 Å². The van der Waals surface area contributed by atoms with Gasteiger partial charge in [-0.2, -0.15) is 0 Å². The molecular weight excluding hydrogens is 252 g/mol. The second-order valence-corrected chi connectivity index (χ2v) is 4.08. The first kappa shape index (κ1) is 11.3. The van der Waals surface area contributed by atoms with E-state index in [1.165, 1.54) is 6.26 Å². The maximum absolute atomic E-state index is 11.4. The SMILES string of the molecule is O=C(O)C1=COc2ccc3ccoc3c2C1C(=O)O. The molecule has 2 N–H and O–H groups in total. The molecule has 1 aliphatic heterocycles. The van der Waals surface area contributed by atoms with Gasteiger partial charge >= 0.3 is 11.9 Å². The van der Waals surface area contributed by atoms with Gasteiger partial charge in [-0.25, -0.2) is 4.79 Å². The van der Waals surface area contributed by atoms with Crippen molar-refractivity contribution < 1.29 is 29.0 Å². The van der Waals surface area contributed by atoms with E-state index in [0.29, 0.717) is 16.7 Å². The topological polar surface area (TPSA) is 97.0 Å². The molecule has 0 bridgehead atoms. The van der Waals surface area contributed by atoms with E-state index in [1.54, 1.807) is 18.2 Å². The van der Waals surface area contributed by atoms with E-state index in [9.17, 15) is 14.7 Å². The molecule has 6 nitrogen and oxygen atoms in total. The Balaban J connectivity index is 2.31. The Morgan fingerprint density at radius 3 is 2.63 bits per heavy atom. The van der Waals surface area contributed by atoms with Crippen LogP contribution in [0.4, 0.5) is 0 Å². The molecule has 0 amide bonds. The van der Waals surface area contributed by atoms with Gasteiger partial charge < -0.3 is 19.4 Å². The number of carbonyl (C=O) groups is 2. The molecule has 1 unspecified atom stereocenters. The Bertz CT molecular complexity index is 724. The van der Waals surface area contributed by atoms with Gasteiger partial charge in [0.1, 0.15) is 23.5 Å². The van der Waals surface area contributed by atoms with Crippen LogP contribution in [-0.4, -0.2) is 22.2 Å². The molecule has 0 saturated carbocycles. The summed E-state index contributed by atoms with van der Waals surface area (Å²) in [4.78, 5) is 22.5. The molecule has 0 radical (unpaired) electrons. The summed E-state index contributed by atoms with van der Waals surface area (Å²) < 4.78 is 10.5. The number of benzene rings is 1. The van der Waals surface area contributed by atoms with Crippen LogP contribution in [0.1, 0.15) is 11.5 Å². The van der Waals surface area contributed by atoms with Crippen molar-refractivity contribution in [2.75, 3.05) is 0 Å². The molecule has 0 fully saturated rings. The second kappa shape index (κ2) is 3.88. The summed E-state index contributed by atoms with van der Waals surface area (Å²) in [6.07, 6.45) is 2.38. The number of ether oxygens (including phenoxy) is 1. The van der Waals surface area contributed by atoms with Crippen LogP contribution in [0, 0.1) is 0 Å². The van der Waals surface area contributed by atoms with Gasteiger partial charge in [-0.05, 0) is 18.2 Å². The van der Waals surface area contributed by atoms with Crippen LogP contribution in [0.15, 0.2) is 40.7 Å². The van der Waals surface area contributed by atoms with Crippen molar-refractivity contribution in [1.29, 1.82) is 0 Å². The first-order valence-corrected chi connectivity index (χ1v) is 5.42. The molecule has 2 heterocycles. The van der Waals surface area contributed by atoms with Crippen molar-refractivity contribution in [3.63, 3.8) is 0 Å². The van der Waals surface area contributed by atoms with E-state index in [-0.39, 0.29) is 11.1 Å². The van der Waals surface area contributed by atoms with Gasteiger partial charge in [0.2, 0.25) is 0 Å². The summed E-state index contributed by atoms with van der Waals surface area (Å²) in [6.45, 7) is 0. The summed E-state index contributed by atoms with van der Waals surface area (Å²) in [5.41, 5.74) is 0.232. The molecule has 96 valence electrons. The van der Waals surface area contributed by atoms with Crippen LogP contribution in [0.2, 0.25) is 0 Å². The highest BCUT2D eigenvalue weighted by atomic mass is 16.5. The number of hydrogen-bond acceptors (Lipinski definition) is 4. The second-order valence-electron chi connectivity index (χ2n) is 4.08. The molecule has 1 aliphatic rings. The van der Waals surface area contributed by atoms with Crippen LogP contribution in [0.5, 0.6) is 5.75 Å². The summed E-state index contributed by atoms with van der Waals surface area (Å²) >= 11 is 0. The molecule has 1 aromatic carbocycles. The van der Waals surface area contributed by atoms with Gasteiger partial charge in [0.15, 0.2) is 0 Å². The van der Waals surface area contributed by atoms with Gasteiger partial charge in [0.25, 0.3) is 0 Å². The van der Waals surface area contributed by atoms with Crippen molar-refractivity contribution in [1.82, 2.24) is 0 Å². The lowest BCUT2D eigenvalue weighted by atomic mass is 9.88. The van der Waals surface area contributed by atoms with Gasteiger partial charge in [0.05, 0.1) is 17.4 Å². The van der Waals surface area contributed by atoms with Crippen molar-refractivity contribution in [3.8, 4) is 5.75 Å². The Morgan fingerprint density at radius 1 is 1.16 bits per heavy atom. The monoisotopic (exact) mass is 260 g/mol. The van der Waals surface area contributed by atoms with E-state index in [4.69, 9.17) is 14.3 Å². The van der Waals surface area contributed by atoms with Crippen molar-refractivity contribution in [2.45, 2.75) is 5.92 Å². The van der Waals surface area contributed by atoms with Crippen LogP contribution in [0.3, 0.4) is 0 Å². The van der Waals surface area contributed by atoms with Crippen LogP contribution in [-0.2, 0) is 9.59 Å². The lowest BCUT2D eigenvalue weighted by Crippen LogP contribution is -2.23. The minimum absolute atomic E-state index is 0.231. The minimum atomic E-state index is -1.33. The molecule has 0 spiro atoms. The highest BCUT2D eigenvalue weighted by molar-refractivity contribution is 6.01. The molecule has 6 heteroatoms. The zero-order valence-corrected chi connectivity index (χ0v) is 9.49. The lowest BCUT2D eigenvalue weighted by molar-refractivity contribution is -0.141. The van der Waals surface area contributed by atoms with Crippen LogP contribution < -0.4 is 4.74 Å². The van der Waals surface area contributed by atoms with E-state index in [2.05, 4.69) is 0 Å². The molecule has 0 saturated heterocycles. The number of hydrogen-bond donors (Lipinski definition) is 2. The van der Waals surface area contributed by atoms with Crippen molar-refractivity contribution in [2.24, 2.45) is 0 Å². The molecule has 0 aliphatic carbocycles. The van der Waals surface area contributed by atoms with E-state index >= 15 is 0 Å². The molecule has 1 aromatic heterocycles. The predicted octanol–water partition coefficient (Wildman–Crippen LogP) is 1.96. The van der Waals surface area contributed by atoms with Gasteiger partial charge in [-0.3, -0.25) is 4.79 Å². The lowest BCUT2D eigenvalue weighted by Gasteiger charge is -2.21. The third-order valence-corrected chi connectivity index (χ3v) is 3.03. The molecule has 2 aromatic rings. The molecule has 1 atom stereocenters. The highest BCUT2D eigenvalue weighted by Gasteiger charge is 2.37. The van der Waals surface area contributed by atoms with Crippen molar-refractivity contribution >= 4 is 22.9 Å². The number of carboxylic acids is 2. The third kappa shape index (κ3) is 1.57. The first-order chi connectivity index (χ1) is 9.09. The maximum Gasteiger partial charge on any atom is 0.335 e. The zero-order valence-electron chi connectivity index (χ0n) is 9.49. The normalized spacial score (nSPS) is 17.5. The van der Waals surface area contributed by atoms with Crippen LogP contribution in [0.25, 0.3) is 11.0 Å². The number of fused-ring (bicyclic) bond motifs is 3. The maximum atomic E-state index is 11.4. The largest absolute Gasteiger partial charge is 0.481 e. The molecule has 3 rings (SSSR count). The Morgan fingerprint density at radius 2 is 1.95 bits per heavy atom. The highest BCUT2D eigenvalue weighted by Crippen LogP contribution is 2.41. The van der Waals surface area contributed by atoms with Crippen molar-refractivity contribution in [3.05, 3.63) is 41.9 Å². The van der Waals surface area contributed by atoms with Gasteiger partial charge in [-0.1, -0.05) is 0 Å². The number of carboxylic acid groups (broad SMARTS) is 2. The zero-order chi connectivity index (χ0) is 13.6. The fourth-order valence-corrected chi connectivity index (χ4v) is 2.19. The Kier molecular flexibility index (Phi) is 2.31. The predicted molar refractivity (Wildman–Crippen MR) is 62.9 cm³/mol. The van der Waals surface area contributed by atoms with Gasteiger partial charge in [-0.15, -0.1) is 0 Å². The number of rotatable bonds is 2. The molecule has 19 heavy (non-hydrogen) atoms. The fourth-order valence-electron chi connectivity index (χ4n) is 2.19. The number of aliphatic carboxylic acids is 2. The molecular formula is C13H8O6. The summed E-state index contributed by atoms with van der Waals surface area (Å²) in [7, 11) is 0. The first-order valence-electron chi connectivity index (χ1n) is 5.42. The minimum Gasteiger partial charge on any atom is -0.481 e. The Labute approximate surface area is 106 Å². The number of furan rings is 1. The van der Waals surface area contributed by atoms with Crippen LogP contribution >= 0.6 is 0 Å². The summed E-state index contributed by atoms with van der Waals surface area (Å²) in [6, 6.07) is 4.99. The van der Waals surface area contributed by atoms with Gasteiger partial charge in [0, 0.05) is 5.39 Å². The Hall–Kier alpha value is -2.76. The fraction of sp³-hybridized carbons (Fsp3) is 0.0769. The smallest absolute Gasteiger partial charge is 0.335 e. The third-order valence-electron chi connectivity index (χ3n) is 3.03. The average molecular weight is 260 g/mol. The average Bonchev–Trinajstić information content (AvgIpc) is 2.85. The van der Waals surface area contributed by atoms with E-state index in [1.807, 2.05) is 0 Å². The van der Waals surface area contributed by atoms with E-state index < -0.39 is 17.9 Å². The summed E-state index contributed by atoms with van der Waals surface area (Å²) in [5, 5.41) is 19.1. The quantitative estimate of drug-likeness (QED) is 0.856.